The molecular weight excluding hydrogens is 280 g/mol. The first kappa shape index (κ1) is 15.4. The van der Waals surface area contributed by atoms with Crippen molar-refractivity contribution in [3.63, 3.8) is 0 Å². The van der Waals surface area contributed by atoms with Gasteiger partial charge in [-0.15, -0.1) is 16.8 Å². The second kappa shape index (κ2) is 7.12. The molecule has 0 spiro atoms. The lowest BCUT2D eigenvalue weighted by molar-refractivity contribution is 0.100. The minimum Gasteiger partial charge on any atom is -0.365 e. The highest BCUT2D eigenvalue weighted by Gasteiger charge is 2.09. The van der Waals surface area contributed by atoms with Crippen molar-refractivity contribution < 1.29 is 9.59 Å². The van der Waals surface area contributed by atoms with Gasteiger partial charge in [0, 0.05) is 17.8 Å². The summed E-state index contributed by atoms with van der Waals surface area (Å²) in [6.07, 6.45) is 1.70. The Morgan fingerprint density at radius 1 is 1.23 bits per heavy atom. The fourth-order valence-electron chi connectivity index (χ4n) is 1.74. The van der Waals surface area contributed by atoms with Crippen molar-refractivity contribution in [1.29, 1.82) is 0 Å². The van der Waals surface area contributed by atoms with Gasteiger partial charge >= 0.3 is 0 Å². The maximum Gasteiger partial charge on any atom is 0.276 e. The van der Waals surface area contributed by atoms with Crippen LogP contribution in [0.3, 0.4) is 0 Å². The van der Waals surface area contributed by atoms with Crippen LogP contribution in [-0.2, 0) is 0 Å². The first-order valence-electron chi connectivity index (χ1n) is 6.71. The third-order valence-corrected chi connectivity index (χ3v) is 2.85. The van der Waals surface area contributed by atoms with E-state index < -0.39 is 0 Å². The molecule has 112 valence electrons. The number of ketones is 1. The van der Waals surface area contributed by atoms with Crippen molar-refractivity contribution in [3.05, 3.63) is 60.3 Å². The molecule has 1 amide bonds. The number of hydrogen-bond acceptors (Lipinski definition) is 5. The first-order chi connectivity index (χ1) is 10.6. The molecule has 1 aromatic carbocycles. The summed E-state index contributed by atoms with van der Waals surface area (Å²) in [4.78, 5) is 23.4. The molecule has 0 aliphatic carbocycles. The number of amides is 1. The third-order valence-electron chi connectivity index (χ3n) is 2.85. The van der Waals surface area contributed by atoms with Crippen molar-refractivity contribution in [3.8, 4) is 0 Å². The maximum atomic E-state index is 12.1. The molecule has 1 aromatic heterocycles. The van der Waals surface area contributed by atoms with Crippen LogP contribution in [0.2, 0.25) is 0 Å². The minimum absolute atomic E-state index is 0.0615. The minimum atomic E-state index is -0.386. The Labute approximate surface area is 128 Å². The number of benzene rings is 1. The Morgan fingerprint density at radius 3 is 2.68 bits per heavy atom. The molecule has 0 bridgehead atoms. The largest absolute Gasteiger partial charge is 0.365 e. The Balaban J connectivity index is 2.07. The van der Waals surface area contributed by atoms with E-state index in [9.17, 15) is 9.59 Å². The molecule has 22 heavy (non-hydrogen) atoms. The molecular formula is C16H16N4O2. The number of nitrogens with zero attached hydrogens (tertiary/aromatic N) is 2. The Hall–Kier alpha value is -3.02. The standard InChI is InChI=1S/C16H16N4O2/c1-3-9-17-15-8-7-14(19-20-15)16(22)18-13-6-4-5-12(10-13)11(2)21/h3-8,10H,1,9H2,2H3,(H,17,20)(H,18,22). The van der Waals surface area contributed by atoms with Gasteiger partial charge in [-0.3, -0.25) is 9.59 Å². The summed E-state index contributed by atoms with van der Waals surface area (Å²) < 4.78 is 0. The number of rotatable bonds is 6. The van der Waals surface area contributed by atoms with Gasteiger partial charge in [0.25, 0.3) is 5.91 Å². The van der Waals surface area contributed by atoms with Gasteiger partial charge in [0.15, 0.2) is 11.5 Å². The summed E-state index contributed by atoms with van der Waals surface area (Å²) in [5.41, 5.74) is 1.26. The molecule has 0 saturated carbocycles. The first-order valence-corrected chi connectivity index (χ1v) is 6.71. The summed E-state index contributed by atoms with van der Waals surface area (Å²) in [7, 11) is 0. The topological polar surface area (TPSA) is 84.0 Å². The molecule has 2 rings (SSSR count). The van der Waals surface area contributed by atoms with Crippen LogP contribution in [0, 0.1) is 0 Å². The van der Waals surface area contributed by atoms with E-state index in [0.29, 0.717) is 23.6 Å². The molecule has 2 N–H and O–H groups in total. The van der Waals surface area contributed by atoms with Crippen LogP contribution in [0.4, 0.5) is 11.5 Å². The van der Waals surface area contributed by atoms with E-state index >= 15 is 0 Å². The zero-order valence-electron chi connectivity index (χ0n) is 12.2. The van der Waals surface area contributed by atoms with Gasteiger partial charge in [0.1, 0.15) is 5.82 Å². The van der Waals surface area contributed by atoms with Gasteiger partial charge in [-0.25, -0.2) is 0 Å². The van der Waals surface area contributed by atoms with E-state index in [2.05, 4.69) is 27.4 Å². The fraction of sp³-hybridized carbons (Fsp3) is 0.125. The number of carbonyl (C=O) groups is 2. The third kappa shape index (κ3) is 3.99. The second-order valence-corrected chi connectivity index (χ2v) is 4.56. The summed E-state index contributed by atoms with van der Waals surface area (Å²) in [6.45, 7) is 5.63. The lowest BCUT2D eigenvalue weighted by Gasteiger charge is -2.06. The Morgan fingerprint density at radius 2 is 2.05 bits per heavy atom. The molecule has 1 heterocycles. The smallest absolute Gasteiger partial charge is 0.276 e. The van der Waals surface area contributed by atoms with E-state index in [1.54, 1.807) is 42.5 Å². The Kier molecular flexibility index (Phi) is 4.98. The molecule has 6 heteroatoms. The highest BCUT2D eigenvalue weighted by atomic mass is 16.2. The second-order valence-electron chi connectivity index (χ2n) is 4.56. The van der Waals surface area contributed by atoms with Crippen LogP contribution in [0.1, 0.15) is 27.8 Å². The average Bonchev–Trinajstić information content (AvgIpc) is 2.53. The van der Waals surface area contributed by atoms with Crippen LogP contribution in [-0.4, -0.2) is 28.4 Å². The normalized spacial score (nSPS) is 9.86. The predicted molar refractivity (Wildman–Crippen MR) is 85.1 cm³/mol. The quantitative estimate of drug-likeness (QED) is 0.632. The Bertz CT molecular complexity index is 696. The van der Waals surface area contributed by atoms with Crippen LogP contribution < -0.4 is 10.6 Å². The molecule has 0 aliphatic rings. The van der Waals surface area contributed by atoms with Crippen LogP contribution in [0.5, 0.6) is 0 Å². The number of anilines is 2. The van der Waals surface area contributed by atoms with E-state index in [-0.39, 0.29) is 17.4 Å². The predicted octanol–water partition coefficient (Wildman–Crippen LogP) is 2.53. The van der Waals surface area contributed by atoms with Crippen molar-refractivity contribution in [2.45, 2.75) is 6.92 Å². The van der Waals surface area contributed by atoms with Crippen molar-refractivity contribution in [2.24, 2.45) is 0 Å². The van der Waals surface area contributed by atoms with Crippen LogP contribution >= 0.6 is 0 Å². The SMILES string of the molecule is C=CCNc1ccc(C(=O)Nc2cccc(C(C)=O)c2)nn1. The lowest BCUT2D eigenvalue weighted by atomic mass is 10.1. The fourth-order valence-corrected chi connectivity index (χ4v) is 1.74. The van der Waals surface area contributed by atoms with Gasteiger partial charge in [0.2, 0.25) is 0 Å². The molecule has 0 saturated heterocycles. The monoisotopic (exact) mass is 296 g/mol. The van der Waals surface area contributed by atoms with Gasteiger partial charge in [-0.2, -0.15) is 0 Å². The highest BCUT2D eigenvalue weighted by Crippen LogP contribution is 2.12. The zero-order chi connectivity index (χ0) is 15.9. The maximum absolute atomic E-state index is 12.1. The number of aromatic nitrogens is 2. The molecule has 0 aliphatic heterocycles. The van der Waals surface area contributed by atoms with Crippen LogP contribution in [0.15, 0.2) is 49.1 Å². The lowest BCUT2D eigenvalue weighted by Crippen LogP contribution is -2.15. The van der Waals surface area contributed by atoms with E-state index in [0.717, 1.165) is 0 Å². The summed E-state index contributed by atoms with van der Waals surface area (Å²) >= 11 is 0. The van der Waals surface area contributed by atoms with Crippen molar-refractivity contribution >= 4 is 23.2 Å². The molecule has 6 nitrogen and oxygen atoms in total. The van der Waals surface area contributed by atoms with Gasteiger partial charge < -0.3 is 10.6 Å². The average molecular weight is 296 g/mol. The summed E-state index contributed by atoms with van der Waals surface area (Å²) in [5.74, 6) is 0.118. The zero-order valence-corrected chi connectivity index (χ0v) is 12.2. The number of nitrogens with one attached hydrogen (secondary N) is 2. The molecule has 0 radical (unpaired) electrons. The molecule has 0 atom stereocenters. The highest BCUT2D eigenvalue weighted by molar-refractivity contribution is 6.03. The molecule has 0 unspecified atom stereocenters. The summed E-state index contributed by atoms with van der Waals surface area (Å²) in [5, 5.41) is 13.4. The van der Waals surface area contributed by atoms with Gasteiger partial charge in [0.05, 0.1) is 0 Å². The van der Waals surface area contributed by atoms with Gasteiger partial charge in [-0.05, 0) is 31.2 Å². The summed E-state index contributed by atoms with van der Waals surface area (Å²) in [6, 6.07) is 9.96. The number of hydrogen-bond donors (Lipinski definition) is 2. The number of carbonyl (C=O) groups excluding carboxylic acids is 2. The van der Waals surface area contributed by atoms with Crippen LogP contribution in [0.25, 0.3) is 0 Å². The molecule has 2 aromatic rings. The van der Waals surface area contributed by atoms with E-state index in [4.69, 9.17) is 0 Å². The van der Waals surface area contributed by atoms with Crippen molar-refractivity contribution in [1.82, 2.24) is 10.2 Å². The van der Waals surface area contributed by atoms with E-state index in [1.807, 2.05) is 0 Å². The van der Waals surface area contributed by atoms with Gasteiger partial charge in [-0.1, -0.05) is 18.2 Å². The molecule has 0 fully saturated rings. The van der Waals surface area contributed by atoms with E-state index in [1.165, 1.54) is 6.92 Å². The van der Waals surface area contributed by atoms with Crippen molar-refractivity contribution in [2.75, 3.05) is 17.2 Å². The number of Topliss-reactive ketones (excluding diaryl/α,β-unsaturated/α-hetero) is 1.